The minimum absolute atomic E-state index is 0.0401. The van der Waals surface area contributed by atoms with Gasteiger partial charge in [-0.25, -0.2) is 0 Å². The van der Waals surface area contributed by atoms with Crippen molar-refractivity contribution in [3.05, 3.63) is 59.7 Å². The van der Waals surface area contributed by atoms with Gasteiger partial charge in [-0.05, 0) is 36.1 Å². The predicted octanol–water partition coefficient (Wildman–Crippen LogP) is 3.20. The van der Waals surface area contributed by atoms with Crippen molar-refractivity contribution in [1.82, 2.24) is 4.90 Å². The topological polar surface area (TPSA) is 63.4 Å². The van der Waals surface area contributed by atoms with Crippen LogP contribution in [-0.4, -0.2) is 29.3 Å². The SMILES string of the molecule is NC(=O)[C@@H]1CCCN1C(=O)C#Cc1ccc(-c2ccccc2)c(C(F)(F)F)c1. The van der Waals surface area contributed by atoms with Crippen molar-refractivity contribution in [3.63, 3.8) is 0 Å². The Balaban J connectivity index is 1.91. The molecule has 1 aliphatic rings. The molecule has 2 aromatic carbocycles. The maximum Gasteiger partial charge on any atom is 0.417 e. The summed E-state index contributed by atoms with van der Waals surface area (Å²) in [5.74, 6) is 3.57. The molecule has 2 amide bonds. The number of hydrogen-bond acceptors (Lipinski definition) is 2. The van der Waals surface area contributed by atoms with Gasteiger partial charge in [-0.3, -0.25) is 9.59 Å². The number of carbonyl (C=O) groups excluding carboxylic acids is 2. The summed E-state index contributed by atoms with van der Waals surface area (Å²) >= 11 is 0. The Labute approximate surface area is 160 Å². The molecule has 1 aliphatic heterocycles. The molecule has 1 saturated heterocycles. The lowest BCUT2D eigenvalue weighted by atomic mass is 9.97. The molecule has 1 atom stereocenters. The standard InChI is InChI=1S/C21H17F3N2O2/c22-21(23,24)17-13-14(8-10-16(17)15-5-2-1-3-6-15)9-11-19(27)26-12-4-7-18(26)20(25)28/h1-3,5-6,8,10,13,18H,4,7,12H2,(H2,25,28)/t18-/m0/s1. The first-order valence-electron chi connectivity index (χ1n) is 8.66. The summed E-state index contributed by atoms with van der Waals surface area (Å²) in [6.45, 7) is 0.349. The van der Waals surface area contributed by atoms with Crippen molar-refractivity contribution in [1.29, 1.82) is 0 Å². The van der Waals surface area contributed by atoms with Gasteiger partial charge in [-0.1, -0.05) is 42.3 Å². The zero-order chi connectivity index (χ0) is 20.3. The number of nitrogens with zero attached hydrogens (tertiary/aromatic N) is 1. The monoisotopic (exact) mass is 386 g/mol. The van der Waals surface area contributed by atoms with E-state index in [0.717, 1.165) is 6.07 Å². The molecular formula is C21H17F3N2O2. The summed E-state index contributed by atoms with van der Waals surface area (Å²) in [5.41, 5.74) is 4.98. The van der Waals surface area contributed by atoms with E-state index in [1.54, 1.807) is 30.3 Å². The van der Waals surface area contributed by atoms with Gasteiger partial charge in [0.25, 0.3) is 5.91 Å². The number of carbonyl (C=O) groups is 2. The fraction of sp³-hybridized carbons (Fsp3) is 0.238. The molecule has 144 valence electrons. The smallest absolute Gasteiger partial charge is 0.368 e. The number of alkyl halides is 3. The summed E-state index contributed by atoms with van der Waals surface area (Å²) in [6, 6.07) is 11.2. The molecule has 1 fully saturated rings. The average Bonchev–Trinajstić information content (AvgIpc) is 3.16. The third-order valence-corrected chi connectivity index (χ3v) is 4.57. The number of benzene rings is 2. The summed E-state index contributed by atoms with van der Waals surface area (Å²) < 4.78 is 40.6. The van der Waals surface area contributed by atoms with E-state index in [1.807, 2.05) is 0 Å². The fourth-order valence-electron chi connectivity index (χ4n) is 3.23. The molecule has 1 heterocycles. The molecule has 7 heteroatoms. The van der Waals surface area contributed by atoms with E-state index in [4.69, 9.17) is 5.73 Å². The fourth-order valence-corrected chi connectivity index (χ4v) is 3.23. The van der Waals surface area contributed by atoms with E-state index in [0.29, 0.717) is 24.9 Å². The molecule has 0 unspecified atom stereocenters. The van der Waals surface area contributed by atoms with Crippen LogP contribution in [0.4, 0.5) is 13.2 Å². The van der Waals surface area contributed by atoms with Crippen LogP contribution < -0.4 is 5.73 Å². The third kappa shape index (κ3) is 4.17. The number of primary amides is 1. The van der Waals surface area contributed by atoms with Crippen molar-refractivity contribution in [3.8, 4) is 23.0 Å². The van der Waals surface area contributed by atoms with Gasteiger partial charge in [-0.15, -0.1) is 0 Å². The van der Waals surface area contributed by atoms with Gasteiger partial charge in [0.15, 0.2) is 0 Å². The van der Waals surface area contributed by atoms with Crippen LogP contribution in [-0.2, 0) is 15.8 Å². The Morgan fingerprint density at radius 1 is 1.11 bits per heavy atom. The normalized spacial score (nSPS) is 16.4. The third-order valence-electron chi connectivity index (χ3n) is 4.57. The number of amides is 2. The largest absolute Gasteiger partial charge is 0.417 e. The zero-order valence-corrected chi connectivity index (χ0v) is 14.8. The lowest BCUT2D eigenvalue weighted by Gasteiger charge is -2.19. The molecule has 3 rings (SSSR count). The number of likely N-dealkylation sites (tertiary alicyclic amines) is 1. The lowest BCUT2D eigenvalue weighted by Crippen LogP contribution is -2.43. The van der Waals surface area contributed by atoms with Gasteiger partial charge >= 0.3 is 6.18 Å². The average molecular weight is 386 g/mol. The van der Waals surface area contributed by atoms with Crippen molar-refractivity contribution in [2.45, 2.75) is 25.1 Å². The highest BCUT2D eigenvalue weighted by Crippen LogP contribution is 2.37. The van der Waals surface area contributed by atoms with Crippen LogP contribution in [0.1, 0.15) is 24.0 Å². The minimum Gasteiger partial charge on any atom is -0.368 e. The zero-order valence-electron chi connectivity index (χ0n) is 14.8. The Bertz CT molecular complexity index is 959. The molecule has 0 aromatic heterocycles. The highest BCUT2D eigenvalue weighted by Gasteiger charge is 2.34. The van der Waals surface area contributed by atoms with Crippen molar-refractivity contribution < 1.29 is 22.8 Å². The molecule has 0 aliphatic carbocycles. The van der Waals surface area contributed by atoms with Crippen LogP contribution in [0.5, 0.6) is 0 Å². The van der Waals surface area contributed by atoms with Gasteiger partial charge in [0.2, 0.25) is 5.91 Å². The number of hydrogen-bond donors (Lipinski definition) is 1. The molecule has 0 spiro atoms. The Hall–Kier alpha value is -3.27. The molecule has 28 heavy (non-hydrogen) atoms. The van der Waals surface area contributed by atoms with Crippen LogP contribution in [0, 0.1) is 11.8 Å². The Morgan fingerprint density at radius 3 is 2.46 bits per heavy atom. The molecule has 0 saturated carbocycles. The van der Waals surface area contributed by atoms with Crippen LogP contribution >= 0.6 is 0 Å². The van der Waals surface area contributed by atoms with Gasteiger partial charge < -0.3 is 10.6 Å². The van der Waals surface area contributed by atoms with Crippen LogP contribution in [0.2, 0.25) is 0 Å². The first-order chi connectivity index (χ1) is 13.3. The number of halogens is 3. The summed E-state index contributed by atoms with van der Waals surface area (Å²) in [5, 5.41) is 0. The van der Waals surface area contributed by atoms with E-state index in [2.05, 4.69) is 11.8 Å². The summed E-state index contributed by atoms with van der Waals surface area (Å²) in [7, 11) is 0. The second-order valence-electron chi connectivity index (χ2n) is 6.43. The van der Waals surface area contributed by atoms with Gasteiger partial charge in [0, 0.05) is 18.0 Å². The Morgan fingerprint density at radius 2 is 1.82 bits per heavy atom. The Kier molecular flexibility index (Phi) is 5.41. The highest BCUT2D eigenvalue weighted by molar-refractivity contribution is 5.97. The summed E-state index contributed by atoms with van der Waals surface area (Å²) in [6.07, 6.45) is -3.48. The first kappa shape index (κ1) is 19.5. The second kappa shape index (κ2) is 7.77. The van der Waals surface area contributed by atoms with Crippen LogP contribution in [0.15, 0.2) is 48.5 Å². The molecule has 4 nitrogen and oxygen atoms in total. The first-order valence-corrected chi connectivity index (χ1v) is 8.66. The van der Waals surface area contributed by atoms with E-state index in [-0.39, 0.29) is 11.1 Å². The molecule has 0 bridgehead atoms. The summed E-state index contributed by atoms with van der Waals surface area (Å²) in [4.78, 5) is 24.9. The second-order valence-corrected chi connectivity index (χ2v) is 6.43. The predicted molar refractivity (Wildman–Crippen MR) is 97.7 cm³/mol. The molecule has 2 N–H and O–H groups in total. The quantitative estimate of drug-likeness (QED) is 0.806. The van der Waals surface area contributed by atoms with Crippen LogP contribution in [0.3, 0.4) is 0 Å². The van der Waals surface area contributed by atoms with Gasteiger partial charge in [0.05, 0.1) is 5.56 Å². The van der Waals surface area contributed by atoms with Crippen LogP contribution in [0.25, 0.3) is 11.1 Å². The number of rotatable bonds is 2. The van der Waals surface area contributed by atoms with E-state index >= 15 is 0 Å². The number of nitrogens with two attached hydrogens (primary N) is 1. The lowest BCUT2D eigenvalue weighted by molar-refractivity contribution is -0.137. The molecular weight excluding hydrogens is 369 g/mol. The van der Waals surface area contributed by atoms with Gasteiger partial charge in [-0.2, -0.15) is 13.2 Å². The minimum atomic E-state index is -4.57. The molecule has 2 aromatic rings. The van der Waals surface area contributed by atoms with E-state index in [1.165, 1.54) is 17.0 Å². The maximum atomic E-state index is 13.5. The van der Waals surface area contributed by atoms with Crippen molar-refractivity contribution in [2.75, 3.05) is 6.54 Å². The van der Waals surface area contributed by atoms with Crippen molar-refractivity contribution in [2.24, 2.45) is 5.73 Å². The van der Waals surface area contributed by atoms with E-state index in [9.17, 15) is 22.8 Å². The molecule has 0 radical (unpaired) electrons. The van der Waals surface area contributed by atoms with Gasteiger partial charge in [0.1, 0.15) is 6.04 Å². The highest BCUT2D eigenvalue weighted by atomic mass is 19.4. The van der Waals surface area contributed by atoms with E-state index < -0.39 is 29.6 Å². The van der Waals surface area contributed by atoms with Crippen molar-refractivity contribution >= 4 is 11.8 Å². The maximum absolute atomic E-state index is 13.5.